The summed E-state index contributed by atoms with van der Waals surface area (Å²) in [6, 6.07) is 8.46. The summed E-state index contributed by atoms with van der Waals surface area (Å²) < 4.78 is 27.3. The Bertz CT molecular complexity index is 1150. The van der Waals surface area contributed by atoms with Crippen LogP contribution in [0.15, 0.2) is 39.7 Å². The Morgan fingerprint density at radius 2 is 1.93 bits per heavy atom. The van der Waals surface area contributed by atoms with Crippen LogP contribution >= 0.6 is 46.3 Å². The van der Waals surface area contributed by atoms with Crippen LogP contribution in [0.3, 0.4) is 0 Å². The minimum atomic E-state index is -3.57. The maximum atomic E-state index is 12.6. The third-order valence-electron chi connectivity index (χ3n) is 4.49. The van der Waals surface area contributed by atoms with Crippen molar-refractivity contribution in [2.75, 3.05) is 31.9 Å². The number of imidazole rings is 1. The highest BCUT2D eigenvalue weighted by Gasteiger charge is 2.31. The number of nitrogens with zero attached hydrogens (tertiary/aromatic N) is 3. The molecule has 0 radical (unpaired) electrons. The molecule has 3 heterocycles. The number of hydrogen-bond acceptors (Lipinski definition) is 6. The molecule has 0 spiro atoms. The number of carbonyl (C=O) groups is 1. The highest BCUT2D eigenvalue weighted by molar-refractivity contribution is 7.99. The van der Waals surface area contributed by atoms with Crippen LogP contribution in [-0.2, 0) is 14.8 Å². The van der Waals surface area contributed by atoms with Gasteiger partial charge in [-0.25, -0.2) is 13.4 Å². The van der Waals surface area contributed by atoms with Gasteiger partial charge in [0.2, 0.25) is 5.91 Å². The Morgan fingerprint density at radius 1 is 1.17 bits per heavy atom. The second-order valence-corrected chi connectivity index (χ2v) is 11.6. The molecule has 1 amide bonds. The van der Waals surface area contributed by atoms with E-state index in [1.807, 2.05) is 6.07 Å². The fourth-order valence-corrected chi connectivity index (χ4v) is 7.01. The van der Waals surface area contributed by atoms with Gasteiger partial charge in [-0.2, -0.15) is 4.31 Å². The monoisotopic (exact) mass is 490 g/mol. The van der Waals surface area contributed by atoms with Crippen LogP contribution in [0, 0.1) is 0 Å². The van der Waals surface area contributed by atoms with Crippen molar-refractivity contribution in [1.29, 1.82) is 0 Å². The summed E-state index contributed by atoms with van der Waals surface area (Å²) in [7, 11) is -3.57. The van der Waals surface area contributed by atoms with Gasteiger partial charge in [0.05, 0.1) is 21.1 Å². The number of fused-ring (bicyclic) bond motifs is 1. The van der Waals surface area contributed by atoms with E-state index in [2.05, 4.69) is 9.97 Å². The number of benzene rings is 1. The molecule has 1 aliphatic rings. The molecule has 1 saturated heterocycles. The standard InChI is InChI=1S/C17H16Cl2N4O3S3/c18-11-1-2-12-13(9-11)21-17(20-12)27-10-15(24)22-5-7-23(8-6-22)29(25,26)16-4-3-14(19)28-16/h1-4,9H,5-8,10H2,(H,20,21). The van der Waals surface area contributed by atoms with Gasteiger partial charge >= 0.3 is 0 Å². The van der Waals surface area contributed by atoms with Crippen molar-refractivity contribution in [1.82, 2.24) is 19.2 Å². The highest BCUT2D eigenvalue weighted by atomic mass is 35.5. The van der Waals surface area contributed by atoms with Crippen LogP contribution < -0.4 is 0 Å². The average molecular weight is 491 g/mol. The molecule has 3 aromatic rings. The zero-order chi connectivity index (χ0) is 20.6. The molecular formula is C17H16Cl2N4O3S3. The Labute approximate surface area is 186 Å². The van der Waals surface area contributed by atoms with Crippen LogP contribution in [0.25, 0.3) is 11.0 Å². The largest absolute Gasteiger partial charge is 0.339 e. The fourth-order valence-electron chi connectivity index (χ4n) is 2.99. The number of sulfonamides is 1. The van der Waals surface area contributed by atoms with Crippen molar-refractivity contribution >= 4 is 73.3 Å². The van der Waals surface area contributed by atoms with Crippen molar-refractivity contribution in [2.24, 2.45) is 0 Å². The number of aromatic nitrogens is 2. The molecule has 1 aliphatic heterocycles. The lowest BCUT2D eigenvalue weighted by Gasteiger charge is -2.33. The molecule has 2 aromatic heterocycles. The van der Waals surface area contributed by atoms with E-state index in [1.165, 1.54) is 22.1 Å². The summed E-state index contributed by atoms with van der Waals surface area (Å²) in [5.41, 5.74) is 1.61. The number of thioether (sulfide) groups is 1. The summed E-state index contributed by atoms with van der Waals surface area (Å²) in [5, 5.41) is 1.26. The lowest BCUT2D eigenvalue weighted by atomic mass is 10.3. The highest BCUT2D eigenvalue weighted by Crippen LogP contribution is 2.29. The Hall–Kier alpha value is -1.30. The maximum absolute atomic E-state index is 12.6. The second-order valence-electron chi connectivity index (χ2n) is 6.34. The van der Waals surface area contributed by atoms with Gasteiger partial charge in [-0.05, 0) is 30.3 Å². The zero-order valence-electron chi connectivity index (χ0n) is 15.0. The first-order valence-electron chi connectivity index (χ1n) is 8.64. The molecule has 0 bridgehead atoms. The number of amides is 1. The smallest absolute Gasteiger partial charge is 0.252 e. The Morgan fingerprint density at radius 3 is 2.62 bits per heavy atom. The summed E-state index contributed by atoms with van der Waals surface area (Å²) in [4.78, 5) is 21.8. The quantitative estimate of drug-likeness (QED) is 0.552. The zero-order valence-corrected chi connectivity index (χ0v) is 18.9. The summed E-state index contributed by atoms with van der Waals surface area (Å²) in [5.74, 6) is 0.172. The molecule has 1 N–H and O–H groups in total. The number of hydrogen-bond donors (Lipinski definition) is 1. The maximum Gasteiger partial charge on any atom is 0.252 e. The summed E-state index contributed by atoms with van der Waals surface area (Å²) in [6.07, 6.45) is 0. The van der Waals surface area contributed by atoms with E-state index in [9.17, 15) is 13.2 Å². The number of piperazine rings is 1. The first kappa shape index (κ1) is 21.0. The minimum absolute atomic E-state index is 0.0512. The van der Waals surface area contributed by atoms with Gasteiger partial charge in [0.1, 0.15) is 4.21 Å². The van der Waals surface area contributed by atoms with Crippen molar-refractivity contribution in [3.8, 4) is 0 Å². The van der Waals surface area contributed by atoms with Gasteiger partial charge in [-0.3, -0.25) is 4.79 Å². The van der Waals surface area contributed by atoms with E-state index in [1.54, 1.807) is 23.1 Å². The number of carbonyl (C=O) groups excluding carboxylic acids is 1. The molecule has 7 nitrogen and oxygen atoms in total. The van der Waals surface area contributed by atoms with E-state index < -0.39 is 10.0 Å². The first-order chi connectivity index (χ1) is 13.8. The number of aromatic amines is 1. The minimum Gasteiger partial charge on any atom is -0.339 e. The van der Waals surface area contributed by atoms with Crippen molar-refractivity contribution in [3.05, 3.63) is 39.7 Å². The van der Waals surface area contributed by atoms with Gasteiger partial charge < -0.3 is 9.88 Å². The number of nitrogens with one attached hydrogen (secondary N) is 1. The predicted octanol–water partition coefficient (Wildman–Crippen LogP) is 3.56. The van der Waals surface area contributed by atoms with Crippen molar-refractivity contribution in [2.45, 2.75) is 9.37 Å². The number of rotatable bonds is 5. The fraction of sp³-hybridized carbons (Fsp3) is 0.294. The van der Waals surface area contributed by atoms with Gasteiger partial charge in [0.15, 0.2) is 5.16 Å². The molecule has 0 aliphatic carbocycles. The Kier molecular flexibility index (Phi) is 6.10. The van der Waals surface area contributed by atoms with E-state index in [0.29, 0.717) is 27.6 Å². The topological polar surface area (TPSA) is 86.4 Å². The van der Waals surface area contributed by atoms with Crippen LogP contribution in [0.4, 0.5) is 0 Å². The van der Waals surface area contributed by atoms with Gasteiger partial charge in [0.25, 0.3) is 10.0 Å². The Balaban J connectivity index is 1.33. The average Bonchev–Trinajstić information content (AvgIpc) is 3.32. The van der Waals surface area contributed by atoms with Gasteiger partial charge in [-0.15, -0.1) is 11.3 Å². The molecule has 1 fully saturated rings. The molecule has 29 heavy (non-hydrogen) atoms. The first-order valence-corrected chi connectivity index (χ1v) is 12.6. The lowest BCUT2D eigenvalue weighted by molar-refractivity contribution is -0.129. The SMILES string of the molecule is O=C(CSc1nc2ccc(Cl)cc2[nH]1)N1CCN(S(=O)(=O)c2ccc(Cl)s2)CC1. The van der Waals surface area contributed by atoms with Gasteiger partial charge in [0, 0.05) is 31.2 Å². The number of thiophene rings is 1. The van der Waals surface area contributed by atoms with Crippen LogP contribution in [0.1, 0.15) is 0 Å². The van der Waals surface area contributed by atoms with Gasteiger partial charge in [-0.1, -0.05) is 35.0 Å². The molecular weight excluding hydrogens is 475 g/mol. The number of halogens is 2. The molecule has 0 saturated carbocycles. The molecule has 4 rings (SSSR count). The van der Waals surface area contributed by atoms with Crippen molar-refractivity contribution in [3.63, 3.8) is 0 Å². The van der Waals surface area contributed by atoms with Crippen LogP contribution in [0.5, 0.6) is 0 Å². The second kappa shape index (κ2) is 8.44. The molecule has 12 heteroatoms. The van der Waals surface area contributed by atoms with Crippen molar-refractivity contribution < 1.29 is 13.2 Å². The normalized spacial score (nSPS) is 15.9. The van der Waals surface area contributed by atoms with E-state index in [0.717, 1.165) is 22.4 Å². The van der Waals surface area contributed by atoms with E-state index in [-0.39, 0.29) is 29.0 Å². The lowest BCUT2D eigenvalue weighted by Crippen LogP contribution is -2.50. The van der Waals surface area contributed by atoms with E-state index >= 15 is 0 Å². The molecule has 1 aromatic carbocycles. The van der Waals surface area contributed by atoms with Crippen LogP contribution in [-0.4, -0.2) is 65.4 Å². The molecule has 0 unspecified atom stereocenters. The van der Waals surface area contributed by atoms with Crippen LogP contribution in [0.2, 0.25) is 9.36 Å². The third-order valence-corrected chi connectivity index (χ3v) is 9.18. The summed E-state index contributed by atoms with van der Waals surface area (Å²) >= 11 is 14.2. The molecule has 0 atom stereocenters. The predicted molar refractivity (Wildman–Crippen MR) is 116 cm³/mol. The third kappa shape index (κ3) is 4.57. The summed E-state index contributed by atoms with van der Waals surface area (Å²) in [6.45, 7) is 1.23. The van der Waals surface area contributed by atoms with E-state index in [4.69, 9.17) is 23.2 Å². The number of H-pyrrole nitrogens is 1. The molecule has 154 valence electrons.